The SMILES string of the molecule is COc1cccc(C)c1C(=O)N1CCN(c2ccccc2F)CC1. The first-order chi connectivity index (χ1) is 11.6. The highest BCUT2D eigenvalue weighted by atomic mass is 19.1. The van der Waals surface area contributed by atoms with Crippen molar-refractivity contribution < 1.29 is 13.9 Å². The van der Waals surface area contributed by atoms with Gasteiger partial charge in [-0.1, -0.05) is 24.3 Å². The summed E-state index contributed by atoms with van der Waals surface area (Å²) in [4.78, 5) is 16.7. The number of para-hydroxylation sites is 1. The standard InChI is InChI=1S/C19H21FN2O2/c1-14-6-5-9-17(24-2)18(14)19(23)22-12-10-21(11-13-22)16-8-4-3-7-15(16)20/h3-9H,10-13H2,1-2H3. The van der Waals surface area contributed by atoms with E-state index in [9.17, 15) is 9.18 Å². The van der Waals surface area contributed by atoms with Crippen LogP contribution < -0.4 is 9.64 Å². The Morgan fingerprint density at radius 3 is 2.42 bits per heavy atom. The van der Waals surface area contributed by atoms with Crippen molar-refractivity contribution in [3.63, 3.8) is 0 Å². The number of rotatable bonds is 3. The summed E-state index contributed by atoms with van der Waals surface area (Å²) in [7, 11) is 1.57. The smallest absolute Gasteiger partial charge is 0.258 e. The lowest BCUT2D eigenvalue weighted by Crippen LogP contribution is -2.49. The Morgan fingerprint density at radius 1 is 1.04 bits per heavy atom. The second-order valence-corrected chi connectivity index (χ2v) is 5.88. The van der Waals surface area contributed by atoms with E-state index >= 15 is 0 Å². The number of anilines is 1. The molecule has 0 spiro atoms. The van der Waals surface area contributed by atoms with Gasteiger partial charge < -0.3 is 14.5 Å². The predicted molar refractivity (Wildman–Crippen MR) is 92.2 cm³/mol. The number of nitrogens with zero attached hydrogens (tertiary/aromatic N) is 2. The Hall–Kier alpha value is -2.56. The van der Waals surface area contributed by atoms with Crippen molar-refractivity contribution in [3.8, 4) is 5.75 Å². The maximum atomic E-state index is 13.9. The lowest BCUT2D eigenvalue weighted by Gasteiger charge is -2.36. The van der Waals surface area contributed by atoms with Gasteiger partial charge in [0, 0.05) is 26.2 Å². The molecule has 1 fully saturated rings. The van der Waals surface area contributed by atoms with Gasteiger partial charge in [-0.05, 0) is 30.7 Å². The molecular formula is C19H21FN2O2. The summed E-state index contributed by atoms with van der Waals surface area (Å²) in [6.45, 7) is 4.25. The molecule has 1 amide bonds. The van der Waals surface area contributed by atoms with E-state index in [0.717, 1.165) is 5.56 Å². The van der Waals surface area contributed by atoms with Crippen LogP contribution in [0.3, 0.4) is 0 Å². The molecule has 0 atom stereocenters. The Kier molecular flexibility index (Phi) is 4.69. The summed E-state index contributed by atoms with van der Waals surface area (Å²) >= 11 is 0. The third kappa shape index (κ3) is 3.07. The molecule has 0 aliphatic carbocycles. The van der Waals surface area contributed by atoms with Crippen molar-refractivity contribution in [1.29, 1.82) is 0 Å². The van der Waals surface area contributed by atoms with Crippen molar-refractivity contribution in [3.05, 3.63) is 59.4 Å². The summed E-state index contributed by atoms with van der Waals surface area (Å²) in [5.41, 5.74) is 2.10. The Morgan fingerprint density at radius 2 is 1.75 bits per heavy atom. The average molecular weight is 328 g/mol. The van der Waals surface area contributed by atoms with Gasteiger partial charge in [0.05, 0.1) is 18.4 Å². The number of halogens is 1. The zero-order valence-electron chi connectivity index (χ0n) is 14.0. The monoisotopic (exact) mass is 328 g/mol. The van der Waals surface area contributed by atoms with Gasteiger partial charge in [-0.3, -0.25) is 4.79 Å². The molecule has 1 aliphatic rings. The Balaban J connectivity index is 1.73. The largest absolute Gasteiger partial charge is 0.496 e. The number of carbonyl (C=O) groups excluding carboxylic acids is 1. The van der Waals surface area contributed by atoms with E-state index in [2.05, 4.69) is 0 Å². The van der Waals surface area contributed by atoms with Gasteiger partial charge in [0.25, 0.3) is 5.91 Å². The van der Waals surface area contributed by atoms with Gasteiger partial charge in [-0.15, -0.1) is 0 Å². The van der Waals surface area contributed by atoms with E-state index in [1.807, 2.05) is 34.9 Å². The van der Waals surface area contributed by atoms with E-state index in [4.69, 9.17) is 4.74 Å². The maximum absolute atomic E-state index is 13.9. The van der Waals surface area contributed by atoms with Gasteiger partial charge >= 0.3 is 0 Å². The molecule has 24 heavy (non-hydrogen) atoms. The second-order valence-electron chi connectivity index (χ2n) is 5.88. The molecule has 0 saturated carbocycles. The fraction of sp³-hybridized carbons (Fsp3) is 0.316. The number of aryl methyl sites for hydroxylation is 1. The molecule has 3 rings (SSSR count). The molecule has 0 bridgehead atoms. The first kappa shape index (κ1) is 16.3. The van der Waals surface area contributed by atoms with Gasteiger partial charge in [0.15, 0.2) is 0 Å². The van der Waals surface area contributed by atoms with Gasteiger partial charge in [0.2, 0.25) is 0 Å². The predicted octanol–water partition coefficient (Wildman–Crippen LogP) is 3.11. The minimum atomic E-state index is -0.224. The van der Waals surface area contributed by atoms with Crippen LogP contribution in [0, 0.1) is 12.7 Å². The average Bonchev–Trinajstić information content (AvgIpc) is 2.61. The molecule has 0 unspecified atom stereocenters. The third-order valence-corrected chi connectivity index (χ3v) is 4.43. The van der Waals surface area contributed by atoms with Crippen LogP contribution in [0.15, 0.2) is 42.5 Å². The van der Waals surface area contributed by atoms with E-state index in [0.29, 0.717) is 43.2 Å². The van der Waals surface area contributed by atoms with Crippen molar-refractivity contribution in [2.24, 2.45) is 0 Å². The molecule has 0 N–H and O–H groups in total. The quantitative estimate of drug-likeness (QED) is 0.868. The Labute approximate surface area is 141 Å². The molecular weight excluding hydrogens is 307 g/mol. The molecule has 4 nitrogen and oxygen atoms in total. The molecule has 2 aromatic carbocycles. The van der Waals surface area contributed by atoms with E-state index in [1.165, 1.54) is 6.07 Å². The van der Waals surface area contributed by atoms with Crippen LogP contribution in [0.25, 0.3) is 0 Å². The fourth-order valence-electron chi connectivity index (χ4n) is 3.10. The highest BCUT2D eigenvalue weighted by Crippen LogP contribution is 2.25. The van der Waals surface area contributed by atoms with Crippen molar-refractivity contribution in [1.82, 2.24) is 4.90 Å². The number of hydrogen-bond acceptors (Lipinski definition) is 3. The number of amides is 1. The number of piperazine rings is 1. The molecule has 0 radical (unpaired) electrons. The summed E-state index contributed by atoms with van der Waals surface area (Å²) < 4.78 is 19.2. The molecule has 2 aromatic rings. The van der Waals surface area contributed by atoms with Crippen molar-refractivity contribution in [2.45, 2.75) is 6.92 Å². The lowest BCUT2D eigenvalue weighted by molar-refractivity contribution is 0.0742. The first-order valence-corrected chi connectivity index (χ1v) is 8.04. The lowest BCUT2D eigenvalue weighted by atomic mass is 10.1. The fourth-order valence-corrected chi connectivity index (χ4v) is 3.10. The molecule has 1 heterocycles. The number of methoxy groups -OCH3 is 1. The molecule has 1 saturated heterocycles. The van der Waals surface area contributed by atoms with Crippen LogP contribution in [0.4, 0.5) is 10.1 Å². The molecule has 1 aliphatic heterocycles. The molecule has 0 aromatic heterocycles. The normalized spacial score (nSPS) is 14.6. The zero-order chi connectivity index (χ0) is 17.1. The zero-order valence-corrected chi connectivity index (χ0v) is 14.0. The first-order valence-electron chi connectivity index (χ1n) is 8.04. The summed E-state index contributed by atoms with van der Waals surface area (Å²) in [6, 6.07) is 12.3. The van der Waals surface area contributed by atoms with Gasteiger partial charge in [0.1, 0.15) is 11.6 Å². The van der Waals surface area contributed by atoms with Crippen LogP contribution in [0.1, 0.15) is 15.9 Å². The second kappa shape index (κ2) is 6.91. The summed E-state index contributed by atoms with van der Waals surface area (Å²) in [5, 5.41) is 0. The van der Waals surface area contributed by atoms with E-state index in [1.54, 1.807) is 25.3 Å². The number of benzene rings is 2. The van der Waals surface area contributed by atoms with Crippen LogP contribution in [-0.2, 0) is 0 Å². The highest BCUT2D eigenvalue weighted by Gasteiger charge is 2.26. The number of ether oxygens (including phenoxy) is 1. The van der Waals surface area contributed by atoms with E-state index in [-0.39, 0.29) is 11.7 Å². The van der Waals surface area contributed by atoms with Gasteiger partial charge in [-0.25, -0.2) is 4.39 Å². The van der Waals surface area contributed by atoms with Crippen LogP contribution in [0.2, 0.25) is 0 Å². The summed E-state index contributed by atoms with van der Waals surface area (Å²) in [5.74, 6) is 0.340. The van der Waals surface area contributed by atoms with Crippen LogP contribution in [-0.4, -0.2) is 44.1 Å². The van der Waals surface area contributed by atoms with Crippen molar-refractivity contribution in [2.75, 3.05) is 38.2 Å². The van der Waals surface area contributed by atoms with E-state index < -0.39 is 0 Å². The number of carbonyl (C=O) groups is 1. The van der Waals surface area contributed by atoms with Crippen LogP contribution >= 0.6 is 0 Å². The van der Waals surface area contributed by atoms with Crippen LogP contribution in [0.5, 0.6) is 5.75 Å². The van der Waals surface area contributed by atoms with Gasteiger partial charge in [-0.2, -0.15) is 0 Å². The minimum Gasteiger partial charge on any atom is -0.496 e. The molecule has 5 heteroatoms. The maximum Gasteiger partial charge on any atom is 0.258 e. The minimum absolute atomic E-state index is 0.0295. The molecule has 126 valence electrons. The Bertz CT molecular complexity index is 740. The highest BCUT2D eigenvalue weighted by molar-refractivity contribution is 5.98. The van der Waals surface area contributed by atoms with Crippen molar-refractivity contribution >= 4 is 11.6 Å². The number of hydrogen-bond donors (Lipinski definition) is 0. The third-order valence-electron chi connectivity index (χ3n) is 4.43. The topological polar surface area (TPSA) is 32.8 Å². The summed E-state index contributed by atoms with van der Waals surface area (Å²) in [6.07, 6.45) is 0.